The normalized spacial score (nSPS) is 10.8. The predicted molar refractivity (Wildman–Crippen MR) is 63.0 cm³/mol. The molecule has 1 aromatic heterocycles. The quantitative estimate of drug-likeness (QED) is 0.734. The molecule has 16 heavy (non-hydrogen) atoms. The summed E-state index contributed by atoms with van der Waals surface area (Å²) >= 11 is 0. The third-order valence-corrected chi connectivity index (χ3v) is 2.66. The second kappa shape index (κ2) is 4.82. The van der Waals surface area contributed by atoms with E-state index in [-0.39, 0.29) is 0 Å². The van der Waals surface area contributed by atoms with Gasteiger partial charge in [0.1, 0.15) is 5.58 Å². The molecule has 0 N–H and O–H groups in total. The Bertz CT molecular complexity index is 510. The van der Waals surface area contributed by atoms with Crippen molar-refractivity contribution in [3.8, 4) is 6.07 Å². The van der Waals surface area contributed by atoms with Crippen LogP contribution in [0, 0.1) is 11.3 Å². The highest BCUT2D eigenvalue weighted by molar-refractivity contribution is 5.80. The van der Waals surface area contributed by atoms with E-state index in [9.17, 15) is 0 Å². The number of para-hydroxylation sites is 1. The molecule has 2 rings (SSSR count). The Kier molecular flexibility index (Phi) is 3.23. The van der Waals surface area contributed by atoms with Crippen LogP contribution in [0.3, 0.4) is 0 Å². The molecule has 0 aliphatic carbocycles. The van der Waals surface area contributed by atoms with Gasteiger partial charge in [-0.1, -0.05) is 18.2 Å². The van der Waals surface area contributed by atoms with Crippen molar-refractivity contribution < 1.29 is 4.42 Å². The molecule has 1 aromatic carbocycles. The molecule has 0 bridgehead atoms. The molecule has 3 nitrogen and oxygen atoms in total. The molecule has 1 heterocycles. The van der Waals surface area contributed by atoms with E-state index in [1.165, 1.54) is 10.9 Å². The maximum atomic E-state index is 8.56. The molecular formula is C13H14N2O. The van der Waals surface area contributed by atoms with Crippen LogP contribution in [0.1, 0.15) is 5.56 Å². The maximum Gasteiger partial charge on any atom is 0.134 e. The van der Waals surface area contributed by atoms with E-state index in [0.717, 1.165) is 18.5 Å². The molecule has 0 amide bonds. The first kappa shape index (κ1) is 10.7. The van der Waals surface area contributed by atoms with Crippen LogP contribution < -0.4 is 0 Å². The van der Waals surface area contributed by atoms with Gasteiger partial charge >= 0.3 is 0 Å². The maximum absolute atomic E-state index is 8.56. The van der Waals surface area contributed by atoms with Crippen molar-refractivity contribution in [2.75, 3.05) is 20.1 Å². The first-order valence-electron chi connectivity index (χ1n) is 5.32. The predicted octanol–water partition coefficient (Wildman–Crippen LogP) is 2.43. The summed E-state index contributed by atoms with van der Waals surface area (Å²) < 4.78 is 5.46. The van der Waals surface area contributed by atoms with Gasteiger partial charge < -0.3 is 4.42 Å². The van der Waals surface area contributed by atoms with Crippen LogP contribution in [0.15, 0.2) is 34.9 Å². The molecular weight excluding hydrogens is 200 g/mol. The summed E-state index contributed by atoms with van der Waals surface area (Å²) in [5.74, 6) is 0. The molecule has 0 unspecified atom stereocenters. The summed E-state index contributed by atoms with van der Waals surface area (Å²) in [7, 11) is 1.95. The Morgan fingerprint density at radius 2 is 2.19 bits per heavy atom. The summed E-state index contributed by atoms with van der Waals surface area (Å²) in [4.78, 5) is 2.00. The number of fused-ring (bicyclic) bond motifs is 1. The first-order valence-corrected chi connectivity index (χ1v) is 5.32. The van der Waals surface area contributed by atoms with Crippen LogP contribution in [-0.2, 0) is 6.42 Å². The molecule has 0 saturated carbocycles. The molecule has 3 heteroatoms. The van der Waals surface area contributed by atoms with Gasteiger partial charge in [-0.15, -0.1) is 0 Å². The highest BCUT2D eigenvalue weighted by atomic mass is 16.3. The lowest BCUT2D eigenvalue weighted by atomic mass is 10.1. The second-order valence-electron chi connectivity index (χ2n) is 3.90. The minimum Gasteiger partial charge on any atom is -0.464 e. The van der Waals surface area contributed by atoms with Crippen molar-refractivity contribution >= 4 is 11.0 Å². The smallest absolute Gasteiger partial charge is 0.134 e. The number of nitriles is 1. The monoisotopic (exact) mass is 214 g/mol. The summed E-state index contributed by atoms with van der Waals surface area (Å²) in [6.07, 6.45) is 2.72. The standard InChI is InChI=1S/C13H14N2O/c1-15(9-7-14)8-6-11-10-16-13-5-3-2-4-12(11)13/h2-5,10H,6,8-9H2,1H3. The number of hydrogen-bond donors (Lipinski definition) is 0. The van der Waals surface area contributed by atoms with E-state index in [1.54, 1.807) is 0 Å². The zero-order chi connectivity index (χ0) is 11.4. The van der Waals surface area contributed by atoms with Crippen LogP contribution in [0.5, 0.6) is 0 Å². The highest BCUT2D eigenvalue weighted by Crippen LogP contribution is 2.20. The van der Waals surface area contributed by atoms with E-state index in [0.29, 0.717) is 6.54 Å². The average Bonchev–Trinajstić information content (AvgIpc) is 2.70. The molecule has 0 saturated heterocycles. The molecule has 0 aliphatic heterocycles. The van der Waals surface area contributed by atoms with Gasteiger partial charge in [-0.25, -0.2) is 0 Å². The third-order valence-electron chi connectivity index (χ3n) is 2.66. The van der Waals surface area contributed by atoms with E-state index >= 15 is 0 Å². The minimum absolute atomic E-state index is 0.468. The summed E-state index contributed by atoms with van der Waals surface area (Å²) in [5.41, 5.74) is 2.14. The third kappa shape index (κ3) is 2.23. The zero-order valence-electron chi connectivity index (χ0n) is 9.31. The molecule has 0 aliphatic rings. The molecule has 0 radical (unpaired) electrons. The molecule has 2 aromatic rings. The lowest BCUT2D eigenvalue weighted by Gasteiger charge is -2.10. The van der Waals surface area contributed by atoms with Gasteiger partial charge in [-0.2, -0.15) is 5.26 Å². The number of rotatable bonds is 4. The van der Waals surface area contributed by atoms with Gasteiger partial charge in [-0.05, 0) is 25.1 Å². The van der Waals surface area contributed by atoms with Crippen molar-refractivity contribution in [2.24, 2.45) is 0 Å². The lowest BCUT2D eigenvalue weighted by Crippen LogP contribution is -2.21. The second-order valence-corrected chi connectivity index (χ2v) is 3.90. The zero-order valence-corrected chi connectivity index (χ0v) is 9.31. The van der Waals surface area contributed by atoms with Crippen molar-refractivity contribution in [3.05, 3.63) is 36.1 Å². The van der Waals surface area contributed by atoms with Crippen LogP contribution in [-0.4, -0.2) is 25.0 Å². The molecule has 0 spiro atoms. The fraction of sp³-hybridized carbons (Fsp3) is 0.308. The molecule has 0 atom stereocenters. The van der Waals surface area contributed by atoms with Crippen LogP contribution >= 0.6 is 0 Å². The van der Waals surface area contributed by atoms with Crippen LogP contribution in [0.4, 0.5) is 0 Å². The van der Waals surface area contributed by atoms with Gasteiger partial charge in [0.2, 0.25) is 0 Å². The minimum atomic E-state index is 0.468. The highest BCUT2D eigenvalue weighted by Gasteiger charge is 2.05. The van der Waals surface area contributed by atoms with Crippen LogP contribution in [0.25, 0.3) is 11.0 Å². The molecule has 0 fully saturated rings. The molecule has 82 valence electrons. The van der Waals surface area contributed by atoms with Crippen LogP contribution in [0.2, 0.25) is 0 Å². The number of furan rings is 1. The van der Waals surface area contributed by atoms with Gasteiger partial charge in [-0.3, -0.25) is 4.90 Å². The van der Waals surface area contributed by atoms with Gasteiger partial charge in [0.25, 0.3) is 0 Å². The van der Waals surface area contributed by atoms with E-state index in [2.05, 4.69) is 12.1 Å². The topological polar surface area (TPSA) is 40.2 Å². The van der Waals surface area contributed by atoms with Gasteiger partial charge in [0, 0.05) is 11.9 Å². The number of benzene rings is 1. The van der Waals surface area contributed by atoms with E-state index in [4.69, 9.17) is 9.68 Å². The fourth-order valence-electron chi connectivity index (χ4n) is 1.74. The van der Waals surface area contributed by atoms with Gasteiger partial charge in [0.15, 0.2) is 0 Å². The Balaban J connectivity index is 2.08. The average molecular weight is 214 g/mol. The Morgan fingerprint density at radius 1 is 1.38 bits per heavy atom. The summed E-state index contributed by atoms with van der Waals surface area (Å²) in [6, 6.07) is 10.2. The largest absolute Gasteiger partial charge is 0.464 e. The first-order chi connectivity index (χ1) is 7.81. The van der Waals surface area contributed by atoms with Crippen molar-refractivity contribution in [1.82, 2.24) is 4.90 Å². The Morgan fingerprint density at radius 3 is 3.00 bits per heavy atom. The fourth-order valence-corrected chi connectivity index (χ4v) is 1.74. The van der Waals surface area contributed by atoms with E-state index < -0.39 is 0 Å². The SMILES string of the molecule is CN(CC#N)CCc1coc2ccccc12. The summed E-state index contributed by atoms with van der Waals surface area (Å²) in [6.45, 7) is 1.34. The number of hydrogen-bond acceptors (Lipinski definition) is 3. The van der Waals surface area contributed by atoms with E-state index in [1.807, 2.05) is 36.4 Å². The Labute approximate surface area is 94.9 Å². The lowest BCUT2D eigenvalue weighted by molar-refractivity contribution is 0.379. The number of nitrogens with zero attached hydrogens (tertiary/aromatic N) is 2. The van der Waals surface area contributed by atoms with Gasteiger partial charge in [0.05, 0.1) is 18.9 Å². The Hall–Kier alpha value is -1.79. The summed E-state index contributed by atoms with van der Waals surface area (Å²) in [5, 5.41) is 9.73. The van der Waals surface area contributed by atoms with Crippen molar-refractivity contribution in [1.29, 1.82) is 5.26 Å². The number of likely N-dealkylation sites (N-methyl/N-ethyl adjacent to an activating group) is 1. The van der Waals surface area contributed by atoms with Crippen molar-refractivity contribution in [2.45, 2.75) is 6.42 Å². The van der Waals surface area contributed by atoms with Crippen molar-refractivity contribution in [3.63, 3.8) is 0 Å².